The molecule has 124 valence electrons. The molecule has 0 aromatic heterocycles. The molecule has 0 amide bonds. The van der Waals surface area contributed by atoms with Crippen molar-refractivity contribution >= 4 is 0 Å². The van der Waals surface area contributed by atoms with Crippen molar-refractivity contribution < 1.29 is 9.84 Å². The average molecular weight is 313 g/mol. The number of aliphatic hydroxyl groups is 1. The third-order valence-electron chi connectivity index (χ3n) is 4.22. The fraction of sp³-hybridized carbons (Fsp3) is 0.400. The maximum Gasteiger partial charge on any atom is 0.119 e. The zero-order chi connectivity index (χ0) is 16.7. The molecule has 0 radical (unpaired) electrons. The van der Waals surface area contributed by atoms with Crippen molar-refractivity contribution in [1.82, 2.24) is 4.90 Å². The van der Waals surface area contributed by atoms with Crippen LogP contribution in [0.1, 0.15) is 25.8 Å². The number of aliphatic hydroxyl groups excluding tert-OH is 1. The standard InChI is InChI=1S/C20H27NO2/c1-20(2,21(3)15-17-10-6-4-7-11-17)14-18(22)16-23-19-12-8-5-9-13-19/h4-13,18,22H,14-16H2,1-3H3. The highest BCUT2D eigenvalue weighted by molar-refractivity contribution is 5.21. The van der Waals surface area contributed by atoms with Gasteiger partial charge in [0.15, 0.2) is 0 Å². The van der Waals surface area contributed by atoms with Crippen LogP contribution >= 0.6 is 0 Å². The van der Waals surface area contributed by atoms with E-state index in [0.29, 0.717) is 13.0 Å². The minimum Gasteiger partial charge on any atom is -0.491 e. The van der Waals surface area contributed by atoms with Crippen LogP contribution in [0, 0.1) is 0 Å². The molecule has 0 saturated heterocycles. The number of rotatable bonds is 8. The minimum absolute atomic E-state index is 0.116. The maximum absolute atomic E-state index is 10.3. The highest BCUT2D eigenvalue weighted by atomic mass is 16.5. The van der Waals surface area contributed by atoms with Crippen LogP contribution in [0.2, 0.25) is 0 Å². The lowest BCUT2D eigenvalue weighted by Gasteiger charge is -2.37. The van der Waals surface area contributed by atoms with Crippen LogP contribution in [0.3, 0.4) is 0 Å². The largest absolute Gasteiger partial charge is 0.491 e. The number of ether oxygens (including phenoxy) is 1. The summed E-state index contributed by atoms with van der Waals surface area (Å²) in [5.74, 6) is 0.794. The molecule has 1 atom stereocenters. The van der Waals surface area contributed by atoms with Gasteiger partial charge in [-0.1, -0.05) is 48.5 Å². The summed E-state index contributed by atoms with van der Waals surface area (Å²) in [5.41, 5.74) is 1.16. The summed E-state index contributed by atoms with van der Waals surface area (Å²) in [6, 6.07) is 20.0. The van der Waals surface area contributed by atoms with Gasteiger partial charge in [-0.05, 0) is 45.0 Å². The average Bonchev–Trinajstić information content (AvgIpc) is 2.54. The minimum atomic E-state index is -0.497. The first kappa shape index (κ1) is 17.5. The van der Waals surface area contributed by atoms with Crippen molar-refractivity contribution in [3.8, 4) is 5.75 Å². The van der Waals surface area contributed by atoms with E-state index in [1.807, 2.05) is 36.4 Å². The SMILES string of the molecule is CN(Cc1ccccc1)C(C)(C)CC(O)COc1ccccc1. The van der Waals surface area contributed by atoms with Crippen LogP contribution in [-0.2, 0) is 6.54 Å². The van der Waals surface area contributed by atoms with Crippen molar-refractivity contribution in [1.29, 1.82) is 0 Å². The van der Waals surface area contributed by atoms with Gasteiger partial charge in [-0.3, -0.25) is 4.90 Å². The molecule has 3 heteroatoms. The van der Waals surface area contributed by atoms with Crippen LogP contribution in [0.4, 0.5) is 0 Å². The van der Waals surface area contributed by atoms with E-state index in [1.165, 1.54) is 5.56 Å². The normalized spacial score (nSPS) is 13.1. The smallest absolute Gasteiger partial charge is 0.119 e. The van der Waals surface area contributed by atoms with Crippen LogP contribution in [0.15, 0.2) is 60.7 Å². The third-order valence-corrected chi connectivity index (χ3v) is 4.22. The summed E-state index contributed by atoms with van der Waals surface area (Å²) in [7, 11) is 2.10. The number of hydrogen-bond donors (Lipinski definition) is 1. The van der Waals surface area contributed by atoms with E-state index in [2.05, 4.69) is 50.1 Å². The first-order valence-corrected chi connectivity index (χ1v) is 8.08. The third kappa shape index (κ3) is 5.70. The van der Waals surface area contributed by atoms with Gasteiger partial charge in [0.1, 0.15) is 12.4 Å². The lowest BCUT2D eigenvalue weighted by atomic mass is 9.94. The molecule has 0 heterocycles. The van der Waals surface area contributed by atoms with Crippen molar-refractivity contribution in [2.45, 2.75) is 38.5 Å². The molecule has 0 aliphatic rings. The fourth-order valence-electron chi connectivity index (χ4n) is 2.57. The predicted octanol–water partition coefficient (Wildman–Crippen LogP) is 3.73. The molecule has 2 rings (SSSR count). The van der Waals surface area contributed by atoms with Crippen LogP contribution < -0.4 is 4.74 Å². The molecule has 3 nitrogen and oxygen atoms in total. The Kier molecular flexibility index (Phi) is 6.20. The molecule has 0 fully saturated rings. The van der Waals surface area contributed by atoms with E-state index >= 15 is 0 Å². The molecular formula is C20H27NO2. The van der Waals surface area contributed by atoms with E-state index in [9.17, 15) is 5.11 Å². The van der Waals surface area contributed by atoms with Crippen LogP contribution in [0.25, 0.3) is 0 Å². The van der Waals surface area contributed by atoms with E-state index < -0.39 is 6.10 Å². The zero-order valence-corrected chi connectivity index (χ0v) is 14.3. The topological polar surface area (TPSA) is 32.7 Å². The molecule has 0 saturated carbocycles. The molecule has 1 unspecified atom stereocenters. The van der Waals surface area contributed by atoms with E-state index in [4.69, 9.17) is 4.74 Å². The summed E-state index contributed by atoms with van der Waals surface area (Å²) in [4.78, 5) is 2.27. The first-order valence-electron chi connectivity index (χ1n) is 8.08. The van der Waals surface area contributed by atoms with Gasteiger partial charge >= 0.3 is 0 Å². The molecule has 2 aromatic carbocycles. The van der Waals surface area contributed by atoms with Gasteiger partial charge in [0, 0.05) is 12.1 Å². The van der Waals surface area contributed by atoms with Gasteiger partial charge in [0.05, 0.1) is 6.10 Å². The van der Waals surface area contributed by atoms with Crippen LogP contribution in [0.5, 0.6) is 5.75 Å². The number of benzene rings is 2. The van der Waals surface area contributed by atoms with Crippen molar-refractivity contribution in [2.75, 3.05) is 13.7 Å². The Labute approximate surface area is 139 Å². The van der Waals surface area contributed by atoms with Crippen molar-refractivity contribution in [3.05, 3.63) is 66.2 Å². The molecule has 0 aliphatic heterocycles. The van der Waals surface area contributed by atoms with Gasteiger partial charge in [-0.25, -0.2) is 0 Å². The highest BCUT2D eigenvalue weighted by Crippen LogP contribution is 2.22. The van der Waals surface area contributed by atoms with Gasteiger partial charge in [-0.2, -0.15) is 0 Å². The second-order valence-electron chi connectivity index (χ2n) is 6.64. The van der Waals surface area contributed by atoms with Gasteiger partial charge in [0.2, 0.25) is 0 Å². The Morgan fingerprint density at radius 1 is 1.00 bits per heavy atom. The number of nitrogens with zero attached hydrogens (tertiary/aromatic N) is 1. The molecule has 0 spiro atoms. The summed E-state index contributed by atoms with van der Waals surface area (Å²) < 4.78 is 5.64. The van der Waals surface area contributed by atoms with Gasteiger partial charge in [0.25, 0.3) is 0 Å². The maximum atomic E-state index is 10.3. The summed E-state index contributed by atoms with van der Waals surface area (Å²) in [5, 5.41) is 10.3. The molecule has 0 aliphatic carbocycles. The van der Waals surface area contributed by atoms with E-state index in [1.54, 1.807) is 0 Å². The van der Waals surface area contributed by atoms with Crippen molar-refractivity contribution in [2.24, 2.45) is 0 Å². The second-order valence-corrected chi connectivity index (χ2v) is 6.64. The fourth-order valence-corrected chi connectivity index (χ4v) is 2.57. The molecule has 23 heavy (non-hydrogen) atoms. The Hall–Kier alpha value is -1.84. The van der Waals surface area contributed by atoms with Crippen molar-refractivity contribution in [3.63, 3.8) is 0 Å². The lowest BCUT2D eigenvalue weighted by molar-refractivity contribution is 0.0370. The predicted molar refractivity (Wildman–Crippen MR) is 94.5 cm³/mol. The zero-order valence-electron chi connectivity index (χ0n) is 14.3. The summed E-state index contributed by atoms with van der Waals surface area (Å²) in [6.45, 7) is 5.48. The Bertz CT molecular complexity index is 569. The quantitative estimate of drug-likeness (QED) is 0.806. The Balaban J connectivity index is 1.84. The number of hydrogen-bond acceptors (Lipinski definition) is 3. The summed E-state index contributed by atoms with van der Waals surface area (Å²) in [6.07, 6.45) is 0.159. The lowest BCUT2D eigenvalue weighted by Crippen LogP contribution is -2.44. The highest BCUT2D eigenvalue weighted by Gasteiger charge is 2.27. The Morgan fingerprint density at radius 2 is 1.57 bits per heavy atom. The Morgan fingerprint density at radius 3 is 2.17 bits per heavy atom. The van der Waals surface area contributed by atoms with E-state index in [-0.39, 0.29) is 5.54 Å². The second kappa shape index (κ2) is 8.14. The monoisotopic (exact) mass is 313 g/mol. The van der Waals surface area contributed by atoms with Crippen LogP contribution in [-0.4, -0.2) is 35.3 Å². The molecule has 2 aromatic rings. The first-order chi connectivity index (χ1) is 11.0. The molecular weight excluding hydrogens is 286 g/mol. The van der Waals surface area contributed by atoms with Gasteiger partial charge < -0.3 is 9.84 Å². The van der Waals surface area contributed by atoms with E-state index in [0.717, 1.165) is 12.3 Å². The molecule has 1 N–H and O–H groups in total. The number of para-hydroxylation sites is 1. The molecule has 0 bridgehead atoms. The van der Waals surface area contributed by atoms with Gasteiger partial charge in [-0.15, -0.1) is 0 Å². The summed E-state index contributed by atoms with van der Waals surface area (Å²) >= 11 is 0.